The van der Waals surface area contributed by atoms with Gasteiger partial charge >= 0.3 is 5.97 Å². The molecule has 0 aromatic carbocycles. The number of hydrogen-bond donors (Lipinski definition) is 0. The molecule has 8 atom stereocenters. The molecule has 0 radical (unpaired) electrons. The average Bonchev–Trinajstić information content (AvgIpc) is 2.70. The van der Waals surface area contributed by atoms with E-state index >= 15 is 0 Å². The maximum Gasteiger partial charge on any atom is 0.304 e. The number of esters is 1. The molecule has 1 aliphatic carbocycles. The SMILES string of the molecule is CC(=O)OC1O[C@@H]2O[C@]3(C)CC[C@H]4[C@H](C)CC[C@@H]([C@H]1C)C24OO3. The van der Waals surface area contributed by atoms with Crippen LogP contribution in [0.2, 0.25) is 0 Å². The minimum Gasteiger partial charge on any atom is -0.436 e. The van der Waals surface area contributed by atoms with Crippen molar-refractivity contribution >= 4 is 5.97 Å². The van der Waals surface area contributed by atoms with E-state index in [9.17, 15) is 4.79 Å². The third-order valence-electron chi connectivity index (χ3n) is 6.38. The third-order valence-corrected chi connectivity index (χ3v) is 6.38. The molecule has 1 saturated carbocycles. The fraction of sp³-hybridized carbons (Fsp3) is 0.941. The summed E-state index contributed by atoms with van der Waals surface area (Å²) in [5, 5.41) is 0. The van der Waals surface area contributed by atoms with Crippen molar-refractivity contribution in [3.63, 3.8) is 0 Å². The summed E-state index contributed by atoms with van der Waals surface area (Å²) in [6.07, 6.45) is 2.78. The molecule has 2 unspecified atom stereocenters. The smallest absolute Gasteiger partial charge is 0.304 e. The molecule has 2 bridgehead atoms. The summed E-state index contributed by atoms with van der Waals surface area (Å²) >= 11 is 0. The summed E-state index contributed by atoms with van der Waals surface area (Å²) in [6, 6.07) is 0. The van der Waals surface area contributed by atoms with Crippen molar-refractivity contribution in [1.29, 1.82) is 0 Å². The van der Waals surface area contributed by atoms with Gasteiger partial charge in [0, 0.05) is 25.2 Å². The van der Waals surface area contributed by atoms with Crippen LogP contribution in [0, 0.1) is 23.7 Å². The molecule has 6 nitrogen and oxygen atoms in total. The van der Waals surface area contributed by atoms with Crippen LogP contribution in [0.1, 0.15) is 53.4 Å². The van der Waals surface area contributed by atoms with Gasteiger partial charge in [-0.2, -0.15) is 0 Å². The minimum atomic E-state index is -0.793. The number of carbonyl (C=O) groups excluding carboxylic acids is 1. The average molecular weight is 326 g/mol. The molecular weight excluding hydrogens is 300 g/mol. The van der Waals surface area contributed by atoms with Crippen LogP contribution in [-0.2, 0) is 28.8 Å². The third kappa shape index (κ3) is 2.18. The zero-order chi connectivity index (χ0) is 16.4. The highest BCUT2D eigenvalue weighted by atomic mass is 17.3. The Morgan fingerprint density at radius 3 is 2.65 bits per heavy atom. The first kappa shape index (κ1) is 15.8. The molecule has 0 aromatic heterocycles. The topological polar surface area (TPSA) is 63.2 Å². The Morgan fingerprint density at radius 2 is 1.91 bits per heavy atom. The lowest BCUT2D eigenvalue weighted by Crippen LogP contribution is -2.70. The standard InChI is InChI=1S/C17H26O6/c1-9-5-6-13-10(2)14(19-11(3)18)20-15-17(13)12(9)7-8-16(4,21-15)22-23-17/h9-10,12-15H,5-8H2,1-4H3/t9-,10-,12+,13+,14?,15-,16+,17?/m1/s1. The van der Waals surface area contributed by atoms with Gasteiger partial charge in [0.25, 0.3) is 0 Å². The summed E-state index contributed by atoms with van der Waals surface area (Å²) in [5.74, 6) is -0.0347. The van der Waals surface area contributed by atoms with Gasteiger partial charge in [0.05, 0.1) is 0 Å². The predicted molar refractivity (Wildman–Crippen MR) is 78.6 cm³/mol. The highest BCUT2D eigenvalue weighted by Crippen LogP contribution is 2.60. The normalized spacial score (nSPS) is 55.0. The van der Waals surface area contributed by atoms with Gasteiger partial charge in [-0.3, -0.25) is 4.79 Å². The predicted octanol–water partition coefficient (Wildman–Crippen LogP) is 2.76. The van der Waals surface area contributed by atoms with Gasteiger partial charge in [0.15, 0.2) is 11.9 Å². The minimum absolute atomic E-state index is 0.0415. The fourth-order valence-corrected chi connectivity index (χ4v) is 5.17. The first-order valence-corrected chi connectivity index (χ1v) is 8.73. The van der Waals surface area contributed by atoms with E-state index in [1.54, 1.807) is 0 Å². The molecule has 4 saturated heterocycles. The van der Waals surface area contributed by atoms with E-state index in [0.717, 1.165) is 25.7 Å². The number of fused-ring (bicyclic) bond motifs is 2. The van der Waals surface area contributed by atoms with Crippen molar-refractivity contribution in [2.75, 3.05) is 0 Å². The molecule has 0 aromatic rings. The first-order valence-electron chi connectivity index (χ1n) is 8.73. The molecule has 5 rings (SSSR count). The van der Waals surface area contributed by atoms with Crippen molar-refractivity contribution in [3.05, 3.63) is 0 Å². The summed E-state index contributed by atoms with van der Waals surface area (Å²) in [4.78, 5) is 23.2. The van der Waals surface area contributed by atoms with Gasteiger partial charge in [-0.05, 0) is 38.0 Å². The lowest BCUT2D eigenvalue weighted by atomic mass is 9.58. The Morgan fingerprint density at radius 1 is 1.13 bits per heavy atom. The van der Waals surface area contributed by atoms with Crippen LogP contribution in [0.3, 0.4) is 0 Å². The van der Waals surface area contributed by atoms with Gasteiger partial charge < -0.3 is 14.2 Å². The summed E-state index contributed by atoms with van der Waals surface area (Å²) < 4.78 is 17.7. The van der Waals surface area contributed by atoms with Crippen LogP contribution < -0.4 is 0 Å². The van der Waals surface area contributed by atoms with Crippen LogP contribution in [0.15, 0.2) is 0 Å². The molecule has 1 spiro atoms. The van der Waals surface area contributed by atoms with Gasteiger partial charge in [-0.25, -0.2) is 9.78 Å². The molecular formula is C17H26O6. The fourth-order valence-electron chi connectivity index (χ4n) is 5.17. The lowest BCUT2D eigenvalue weighted by molar-refractivity contribution is -0.576. The van der Waals surface area contributed by atoms with E-state index in [1.807, 2.05) is 6.92 Å². The molecule has 0 N–H and O–H groups in total. The zero-order valence-corrected chi connectivity index (χ0v) is 14.2. The monoisotopic (exact) mass is 326 g/mol. The van der Waals surface area contributed by atoms with E-state index in [2.05, 4.69) is 13.8 Å². The van der Waals surface area contributed by atoms with Gasteiger partial charge in [-0.15, -0.1) is 0 Å². The molecule has 23 heavy (non-hydrogen) atoms. The van der Waals surface area contributed by atoms with Crippen LogP contribution in [0.25, 0.3) is 0 Å². The van der Waals surface area contributed by atoms with E-state index < -0.39 is 24.0 Å². The van der Waals surface area contributed by atoms with Crippen molar-refractivity contribution in [3.8, 4) is 0 Å². The number of ether oxygens (including phenoxy) is 3. The highest BCUT2D eigenvalue weighted by molar-refractivity contribution is 5.66. The molecule has 4 heterocycles. The maximum atomic E-state index is 11.4. The number of hydrogen-bond acceptors (Lipinski definition) is 6. The zero-order valence-electron chi connectivity index (χ0n) is 14.2. The molecule has 4 aliphatic heterocycles. The van der Waals surface area contributed by atoms with E-state index in [4.69, 9.17) is 24.0 Å². The second-order valence-electron chi connectivity index (χ2n) is 7.88. The Labute approximate surface area is 136 Å². The Balaban J connectivity index is 1.74. The van der Waals surface area contributed by atoms with Crippen LogP contribution in [0.4, 0.5) is 0 Å². The number of rotatable bonds is 1. The molecule has 5 aliphatic rings. The van der Waals surface area contributed by atoms with Crippen LogP contribution >= 0.6 is 0 Å². The Bertz CT molecular complexity index is 509. The lowest BCUT2D eigenvalue weighted by Gasteiger charge is -2.59. The van der Waals surface area contributed by atoms with Crippen molar-refractivity contribution in [2.45, 2.75) is 77.3 Å². The first-order chi connectivity index (χ1) is 10.9. The molecule has 0 amide bonds. The molecule has 6 heteroatoms. The highest BCUT2D eigenvalue weighted by Gasteiger charge is 2.69. The summed E-state index contributed by atoms with van der Waals surface area (Å²) in [7, 11) is 0. The Hall–Kier alpha value is -0.690. The van der Waals surface area contributed by atoms with Gasteiger partial charge in [0.2, 0.25) is 12.1 Å². The molecule has 130 valence electrons. The van der Waals surface area contributed by atoms with Crippen molar-refractivity contribution in [1.82, 2.24) is 0 Å². The second kappa shape index (κ2) is 5.15. The maximum absolute atomic E-state index is 11.4. The largest absolute Gasteiger partial charge is 0.436 e. The van der Waals surface area contributed by atoms with Crippen LogP contribution in [0.5, 0.6) is 0 Å². The summed E-state index contributed by atoms with van der Waals surface area (Å²) in [6.45, 7) is 7.64. The van der Waals surface area contributed by atoms with Crippen molar-refractivity contribution in [2.24, 2.45) is 23.7 Å². The van der Waals surface area contributed by atoms with Gasteiger partial charge in [0.1, 0.15) is 0 Å². The quantitative estimate of drug-likeness (QED) is 0.545. The van der Waals surface area contributed by atoms with Gasteiger partial charge in [-0.1, -0.05) is 13.8 Å². The van der Waals surface area contributed by atoms with Crippen molar-refractivity contribution < 1.29 is 28.8 Å². The van der Waals surface area contributed by atoms with E-state index in [0.29, 0.717) is 11.8 Å². The Kier molecular flexibility index (Phi) is 3.54. The second-order valence-corrected chi connectivity index (χ2v) is 7.88. The van der Waals surface area contributed by atoms with Crippen LogP contribution in [-0.4, -0.2) is 29.9 Å². The van der Waals surface area contributed by atoms with E-state index in [1.165, 1.54) is 6.92 Å². The van der Waals surface area contributed by atoms with E-state index in [-0.39, 0.29) is 17.8 Å². The number of carbonyl (C=O) groups is 1. The molecule has 5 fully saturated rings. The summed E-state index contributed by atoms with van der Waals surface area (Å²) in [5.41, 5.74) is -0.594.